The van der Waals surface area contributed by atoms with E-state index in [1.165, 1.54) is 0 Å². The van der Waals surface area contributed by atoms with Crippen LogP contribution in [0.3, 0.4) is 0 Å². The fourth-order valence-electron chi connectivity index (χ4n) is 2.65. The molecule has 0 aromatic heterocycles. The number of carbonyl (C=O) groups is 2. The van der Waals surface area contributed by atoms with Gasteiger partial charge in [0.2, 0.25) is 6.54 Å². The summed E-state index contributed by atoms with van der Waals surface area (Å²) in [6, 6.07) is -0.563. The Bertz CT molecular complexity index is 528. The molecule has 0 radical (unpaired) electrons. The van der Waals surface area contributed by atoms with Crippen molar-refractivity contribution in [1.82, 2.24) is 9.80 Å². The van der Waals surface area contributed by atoms with Gasteiger partial charge in [-0.15, -0.1) is 0 Å². The zero-order chi connectivity index (χ0) is 19.4. The second kappa shape index (κ2) is 7.94. The third kappa shape index (κ3) is 6.45. The van der Waals surface area contributed by atoms with Crippen LogP contribution in [0.2, 0.25) is 0 Å². The average molecular weight is 353 g/mol. The molecule has 2 amide bonds. The minimum atomic E-state index is -0.607. The van der Waals surface area contributed by atoms with Crippen LogP contribution in [0.1, 0.15) is 54.9 Å². The lowest BCUT2D eigenvalue weighted by atomic mass is 10.1. The molecule has 0 N–H and O–H groups in total. The Morgan fingerprint density at radius 3 is 1.72 bits per heavy atom. The predicted octanol–water partition coefficient (Wildman–Crippen LogP) is 3.54. The Labute approximate surface area is 151 Å². The number of nitrogens with zero attached hydrogens (tertiary/aromatic N) is 3. The van der Waals surface area contributed by atoms with E-state index in [4.69, 9.17) is 16.0 Å². The standard InChI is InChI=1S/C18H31N3O4/c1-9-13-11-21(16(23)25-18(5,6)7)14(10-19-8)12-20(13)15(22)24-17(2,3)4/h13-14H,9-12H2,1-7H3/t13-,14-/m1/s1. The lowest BCUT2D eigenvalue weighted by Crippen LogP contribution is -2.62. The first kappa shape index (κ1) is 21.1. The highest BCUT2D eigenvalue weighted by molar-refractivity contribution is 5.71. The lowest BCUT2D eigenvalue weighted by Gasteiger charge is -2.44. The summed E-state index contributed by atoms with van der Waals surface area (Å²) in [4.78, 5) is 31.7. The van der Waals surface area contributed by atoms with Crippen LogP contribution in [0.15, 0.2) is 0 Å². The van der Waals surface area contributed by atoms with Gasteiger partial charge in [0.15, 0.2) is 0 Å². The molecule has 1 heterocycles. The minimum absolute atomic E-state index is 0.120. The Morgan fingerprint density at radius 2 is 1.36 bits per heavy atom. The van der Waals surface area contributed by atoms with Gasteiger partial charge in [-0.3, -0.25) is 4.90 Å². The molecule has 7 nitrogen and oxygen atoms in total. The maximum absolute atomic E-state index is 12.5. The van der Waals surface area contributed by atoms with Crippen molar-refractivity contribution >= 4 is 12.2 Å². The van der Waals surface area contributed by atoms with Crippen LogP contribution in [0.5, 0.6) is 0 Å². The Hall–Kier alpha value is -1.97. The number of piperazine rings is 1. The van der Waals surface area contributed by atoms with Crippen molar-refractivity contribution < 1.29 is 19.1 Å². The maximum Gasteiger partial charge on any atom is 0.410 e. The molecule has 1 rings (SSSR count). The summed E-state index contributed by atoms with van der Waals surface area (Å²) in [6.07, 6.45) is -0.162. The number of amides is 2. The summed E-state index contributed by atoms with van der Waals surface area (Å²) in [7, 11) is 0. The summed E-state index contributed by atoms with van der Waals surface area (Å²) in [6.45, 7) is 20.7. The molecule has 1 aliphatic rings. The second-order valence-corrected chi connectivity index (χ2v) is 8.32. The fraction of sp³-hybridized carbons (Fsp3) is 0.833. The van der Waals surface area contributed by atoms with Crippen LogP contribution >= 0.6 is 0 Å². The monoisotopic (exact) mass is 353 g/mol. The predicted molar refractivity (Wildman–Crippen MR) is 95.2 cm³/mol. The maximum atomic E-state index is 12.5. The number of ether oxygens (including phenoxy) is 2. The van der Waals surface area contributed by atoms with Gasteiger partial charge in [0.1, 0.15) is 17.2 Å². The molecule has 2 atom stereocenters. The van der Waals surface area contributed by atoms with Gasteiger partial charge in [-0.25, -0.2) is 16.2 Å². The van der Waals surface area contributed by atoms with Gasteiger partial charge < -0.3 is 19.2 Å². The van der Waals surface area contributed by atoms with Gasteiger partial charge in [-0.05, 0) is 48.0 Å². The van der Waals surface area contributed by atoms with Gasteiger partial charge in [0, 0.05) is 6.54 Å². The van der Waals surface area contributed by atoms with E-state index in [1.54, 1.807) is 9.80 Å². The summed E-state index contributed by atoms with van der Waals surface area (Å²) < 4.78 is 11.0. The SMILES string of the molecule is [C-]#[N+]C[C@@H]1CN(C(=O)OC(C)(C)C)[C@H](CC)CN1C(=O)OC(C)(C)C. The van der Waals surface area contributed by atoms with E-state index >= 15 is 0 Å². The molecule has 1 fully saturated rings. The molecule has 1 aliphatic heterocycles. The molecule has 0 aliphatic carbocycles. The van der Waals surface area contributed by atoms with Crippen molar-refractivity contribution in [1.29, 1.82) is 0 Å². The van der Waals surface area contributed by atoms with E-state index in [1.807, 2.05) is 48.5 Å². The third-order valence-corrected chi connectivity index (χ3v) is 3.73. The first-order valence-corrected chi connectivity index (χ1v) is 8.70. The van der Waals surface area contributed by atoms with Crippen LogP contribution < -0.4 is 0 Å². The molecular formula is C18H31N3O4. The molecule has 0 unspecified atom stereocenters. The van der Waals surface area contributed by atoms with Gasteiger partial charge in [0.25, 0.3) is 0 Å². The Morgan fingerprint density at radius 1 is 0.960 bits per heavy atom. The molecule has 0 saturated carbocycles. The second-order valence-electron chi connectivity index (χ2n) is 8.32. The highest BCUT2D eigenvalue weighted by atomic mass is 16.6. The van der Waals surface area contributed by atoms with Crippen LogP contribution in [-0.4, -0.2) is 64.9 Å². The molecule has 7 heteroatoms. The zero-order valence-electron chi connectivity index (χ0n) is 16.5. The normalized spacial score (nSPS) is 21.5. The first-order chi connectivity index (χ1) is 11.4. The van der Waals surface area contributed by atoms with E-state index in [-0.39, 0.29) is 19.1 Å². The van der Waals surface area contributed by atoms with Gasteiger partial charge in [0.05, 0.1) is 12.6 Å². The quantitative estimate of drug-likeness (QED) is 0.712. The molecular weight excluding hydrogens is 322 g/mol. The molecule has 0 spiro atoms. The van der Waals surface area contributed by atoms with Crippen LogP contribution in [-0.2, 0) is 9.47 Å². The molecule has 1 saturated heterocycles. The fourth-order valence-corrected chi connectivity index (χ4v) is 2.65. The van der Waals surface area contributed by atoms with E-state index in [2.05, 4.69) is 4.85 Å². The van der Waals surface area contributed by atoms with E-state index in [0.717, 1.165) is 0 Å². The summed E-state index contributed by atoms with van der Waals surface area (Å²) in [5.74, 6) is 0. The smallest absolute Gasteiger partial charge is 0.410 e. The average Bonchev–Trinajstić information content (AvgIpc) is 2.43. The largest absolute Gasteiger partial charge is 0.444 e. The molecule has 142 valence electrons. The number of carbonyl (C=O) groups excluding carboxylic acids is 2. The molecule has 0 aromatic carbocycles. The van der Waals surface area contributed by atoms with Crippen molar-refractivity contribution in [3.05, 3.63) is 11.4 Å². The van der Waals surface area contributed by atoms with E-state index < -0.39 is 29.4 Å². The van der Waals surface area contributed by atoms with Crippen molar-refractivity contribution in [3.63, 3.8) is 0 Å². The third-order valence-electron chi connectivity index (χ3n) is 3.73. The lowest BCUT2D eigenvalue weighted by molar-refractivity contribution is -0.0286. The molecule has 0 aromatic rings. The van der Waals surface area contributed by atoms with E-state index in [0.29, 0.717) is 13.0 Å². The zero-order valence-corrected chi connectivity index (χ0v) is 16.5. The molecule has 0 bridgehead atoms. The van der Waals surface area contributed by atoms with Crippen LogP contribution in [0.25, 0.3) is 4.85 Å². The molecule has 25 heavy (non-hydrogen) atoms. The highest BCUT2D eigenvalue weighted by Gasteiger charge is 2.42. The number of rotatable bonds is 2. The minimum Gasteiger partial charge on any atom is -0.444 e. The Kier molecular flexibility index (Phi) is 6.69. The van der Waals surface area contributed by atoms with Crippen molar-refractivity contribution in [2.75, 3.05) is 19.6 Å². The van der Waals surface area contributed by atoms with Crippen molar-refractivity contribution in [3.8, 4) is 0 Å². The highest BCUT2D eigenvalue weighted by Crippen LogP contribution is 2.23. The summed E-state index contributed by atoms with van der Waals surface area (Å²) in [5, 5.41) is 0. The van der Waals surface area contributed by atoms with Crippen LogP contribution in [0, 0.1) is 6.57 Å². The Balaban J connectivity index is 2.98. The summed E-state index contributed by atoms with van der Waals surface area (Å²) >= 11 is 0. The summed E-state index contributed by atoms with van der Waals surface area (Å²) in [5.41, 5.74) is -1.20. The van der Waals surface area contributed by atoms with Crippen molar-refractivity contribution in [2.24, 2.45) is 0 Å². The van der Waals surface area contributed by atoms with Gasteiger partial charge >= 0.3 is 12.2 Å². The van der Waals surface area contributed by atoms with Gasteiger partial charge in [-0.2, -0.15) is 0 Å². The van der Waals surface area contributed by atoms with E-state index in [9.17, 15) is 9.59 Å². The first-order valence-electron chi connectivity index (χ1n) is 8.70. The number of hydrogen-bond acceptors (Lipinski definition) is 4. The van der Waals surface area contributed by atoms with Crippen molar-refractivity contribution in [2.45, 2.75) is 78.2 Å². The topological polar surface area (TPSA) is 63.4 Å². The van der Waals surface area contributed by atoms with Crippen LogP contribution in [0.4, 0.5) is 9.59 Å². The number of hydrogen-bond donors (Lipinski definition) is 0. The van der Waals surface area contributed by atoms with Gasteiger partial charge in [-0.1, -0.05) is 6.92 Å².